The van der Waals surface area contributed by atoms with Crippen molar-refractivity contribution >= 4 is 17.5 Å². The average Bonchev–Trinajstić information content (AvgIpc) is 2.75. The van der Waals surface area contributed by atoms with E-state index in [0.717, 1.165) is 0 Å². The Morgan fingerprint density at radius 3 is 2.94 bits per heavy atom. The van der Waals surface area contributed by atoms with Crippen LogP contribution in [0.4, 0.5) is 0 Å². The van der Waals surface area contributed by atoms with Gasteiger partial charge in [0.25, 0.3) is 0 Å². The maximum Gasteiger partial charge on any atom is 0.239 e. The summed E-state index contributed by atoms with van der Waals surface area (Å²) in [4.78, 5) is 10.8. The standard InChI is InChI=1S/C10H10ClN5O2/c11-7-3-1-2-4-8(7)18-6-10-13-14-15-16(10)5-9(12)17/h1-4H,5-6H2,(H2,12,17). The van der Waals surface area contributed by atoms with E-state index in [-0.39, 0.29) is 13.2 Å². The molecule has 2 rings (SSSR count). The number of nitrogens with zero attached hydrogens (tertiary/aromatic N) is 4. The van der Waals surface area contributed by atoms with Gasteiger partial charge in [0.05, 0.1) is 5.02 Å². The molecule has 18 heavy (non-hydrogen) atoms. The molecule has 2 N–H and O–H groups in total. The van der Waals surface area contributed by atoms with Gasteiger partial charge in [-0.15, -0.1) is 5.10 Å². The predicted octanol–water partition coefficient (Wildman–Crippen LogP) is 0.391. The molecule has 0 aliphatic rings. The van der Waals surface area contributed by atoms with Crippen molar-refractivity contribution in [3.8, 4) is 5.75 Å². The molecular formula is C10H10ClN5O2. The normalized spacial score (nSPS) is 10.3. The number of tetrazole rings is 1. The van der Waals surface area contributed by atoms with Crippen LogP contribution in [-0.4, -0.2) is 26.1 Å². The van der Waals surface area contributed by atoms with Crippen LogP contribution >= 0.6 is 11.6 Å². The summed E-state index contributed by atoms with van der Waals surface area (Å²) in [7, 11) is 0. The largest absolute Gasteiger partial charge is 0.484 e. The van der Waals surface area contributed by atoms with E-state index in [2.05, 4.69) is 15.5 Å². The SMILES string of the molecule is NC(=O)Cn1nnnc1COc1ccccc1Cl. The Hall–Kier alpha value is -2.15. The van der Waals surface area contributed by atoms with Crippen LogP contribution in [0.15, 0.2) is 24.3 Å². The van der Waals surface area contributed by atoms with Gasteiger partial charge in [0.15, 0.2) is 5.82 Å². The van der Waals surface area contributed by atoms with Crippen LogP contribution in [0.25, 0.3) is 0 Å². The van der Waals surface area contributed by atoms with E-state index in [1.54, 1.807) is 24.3 Å². The summed E-state index contributed by atoms with van der Waals surface area (Å²) in [5.41, 5.74) is 5.07. The number of hydrogen-bond donors (Lipinski definition) is 1. The van der Waals surface area contributed by atoms with E-state index < -0.39 is 5.91 Å². The molecule has 0 spiro atoms. The van der Waals surface area contributed by atoms with E-state index in [1.165, 1.54) is 4.68 Å². The lowest BCUT2D eigenvalue weighted by molar-refractivity contribution is -0.118. The highest BCUT2D eigenvalue weighted by Crippen LogP contribution is 2.23. The second-order valence-electron chi connectivity index (χ2n) is 3.44. The molecular weight excluding hydrogens is 258 g/mol. The lowest BCUT2D eigenvalue weighted by atomic mass is 10.3. The molecule has 1 amide bonds. The first-order chi connectivity index (χ1) is 8.66. The molecule has 0 saturated carbocycles. The molecule has 0 aliphatic heterocycles. The molecule has 1 aromatic heterocycles. The topological polar surface area (TPSA) is 95.9 Å². The Labute approximate surface area is 107 Å². The van der Waals surface area contributed by atoms with E-state index in [9.17, 15) is 4.79 Å². The van der Waals surface area contributed by atoms with Crippen molar-refractivity contribution < 1.29 is 9.53 Å². The highest BCUT2D eigenvalue weighted by Gasteiger charge is 2.09. The van der Waals surface area contributed by atoms with Gasteiger partial charge in [-0.3, -0.25) is 4.79 Å². The van der Waals surface area contributed by atoms with Gasteiger partial charge in [-0.05, 0) is 22.6 Å². The van der Waals surface area contributed by atoms with Crippen molar-refractivity contribution in [3.05, 3.63) is 35.1 Å². The van der Waals surface area contributed by atoms with Crippen molar-refractivity contribution in [1.82, 2.24) is 20.2 Å². The van der Waals surface area contributed by atoms with Gasteiger partial charge in [0, 0.05) is 0 Å². The van der Waals surface area contributed by atoms with Crippen LogP contribution in [0.1, 0.15) is 5.82 Å². The maximum atomic E-state index is 10.8. The maximum absolute atomic E-state index is 10.8. The fraction of sp³-hybridized carbons (Fsp3) is 0.200. The van der Waals surface area contributed by atoms with Gasteiger partial charge >= 0.3 is 0 Å². The summed E-state index contributed by atoms with van der Waals surface area (Å²) < 4.78 is 6.73. The Balaban J connectivity index is 2.05. The van der Waals surface area contributed by atoms with Crippen LogP contribution in [0, 0.1) is 0 Å². The number of carbonyl (C=O) groups excluding carboxylic acids is 1. The molecule has 0 aliphatic carbocycles. The van der Waals surface area contributed by atoms with Crippen LogP contribution in [-0.2, 0) is 17.9 Å². The number of ether oxygens (including phenoxy) is 1. The van der Waals surface area contributed by atoms with E-state index >= 15 is 0 Å². The van der Waals surface area contributed by atoms with Crippen molar-refractivity contribution in [2.75, 3.05) is 0 Å². The smallest absolute Gasteiger partial charge is 0.239 e. The number of primary amides is 1. The molecule has 0 atom stereocenters. The van der Waals surface area contributed by atoms with Gasteiger partial charge in [0.1, 0.15) is 18.9 Å². The van der Waals surface area contributed by atoms with Crippen molar-refractivity contribution in [2.45, 2.75) is 13.2 Å². The number of halogens is 1. The third-order valence-electron chi connectivity index (χ3n) is 2.11. The summed E-state index contributed by atoms with van der Waals surface area (Å²) >= 11 is 5.93. The first kappa shape index (κ1) is 12.3. The minimum atomic E-state index is -0.527. The third kappa shape index (κ3) is 2.95. The minimum Gasteiger partial charge on any atom is -0.484 e. The third-order valence-corrected chi connectivity index (χ3v) is 2.42. The number of amides is 1. The monoisotopic (exact) mass is 267 g/mol. The van der Waals surface area contributed by atoms with Crippen LogP contribution in [0.5, 0.6) is 5.75 Å². The van der Waals surface area contributed by atoms with Gasteiger partial charge in [-0.1, -0.05) is 23.7 Å². The van der Waals surface area contributed by atoms with E-state index in [4.69, 9.17) is 22.1 Å². The molecule has 0 saturated heterocycles. The predicted molar refractivity (Wildman–Crippen MR) is 62.8 cm³/mol. The van der Waals surface area contributed by atoms with Crippen molar-refractivity contribution in [1.29, 1.82) is 0 Å². The minimum absolute atomic E-state index is 0.0891. The molecule has 7 nitrogen and oxygen atoms in total. The Morgan fingerprint density at radius 2 is 2.22 bits per heavy atom. The fourth-order valence-electron chi connectivity index (χ4n) is 1.30. The molecule has 8 heteroatoms. The second kappa shape index (κ2) is 5.46. The summed E-state index contributed by atoms with van der Waals surface area (Å²) in [6.45, 7) is 0.0121. The van der Waals surface area contributed by atoms with Gasteiger partial charge in [-0.2, -0.15) is 0 Å². The summed E-state index contributed by atoms with van der Waals surface area (Å²) in [6, 6.07) is 7.04. The van der Waals surface area contributed by atoms with Gasteiger partial charge in [-0.25, -0.2) is 4.68 Å². The van der Waals surface area contributed by atoms with E-state index in [1.807, 2.05) is 0 Å². The second-order valence-corrected chi connectivity index (χ2v) is 3.85. The van der Waals surface area contributed by atoms with Crippen molar-refractivity contribution in [3.63, 3.8) is 0 Å². The number of carbonyl (C=O) groups is 1. The fourth-order valence-corrected chi connectivity index (χ4v) is 1.49. The Morgan fingerprint density at radius 1 is 1.44 bits per heavy atom. The number of para-hydroxylation sites is 1. The molecule has 2 aromatic rings. The highest BCUT2D eigenvalue weighted by molar-refractivity contribution is 6.32. The zero-order chi connectivity index (χ0) is 13.0. The number of rotatable bonds is 5. The molecule has 94 valence electrons. The summed E-state index contributed by atoms with van der Waals surface area (Å²) in [5.74, 6) is 0.391. The number of benzene rings is 1. The highest BCUT2D eigenvalue weighted by atomic mass is 35.5. The molecule has 0 unspecified atom stereocenters. The molecule has 1 aromatic carbocycles. The van der Waals surface area contributed by atoms with Crippen LogP contribution in [0.2, 0.25) is 5.02 Å². The van der Waals surface area contributed by atoms with Crippen LogP contribution in [0.3, 0.4) is 0 Å². The molecule has 0 bridgehead atoms. The van der Waals surface area contributed by atoms with Crippen molar-refractivity contribution in [2.24, 2.45) is 5.73 Å². The van der Waals surface area contributed by atoms with Gasteiger partial charge in [0.2, 0.25) is 5.91 Å². The number of hydrogen-bond acceptors (Lipinski definition) is 5. The van der Waals surface area contributed by atoms with E-state index in [0.29, 0.717) is 16.6 Å². The van der Waals surface area contributed by atoms with Crippen LogP contribution < -0.4 is 10.5 Å². The number of aromatic nitrogens is 4. The summed E-state index contributed by atoms with van der Waals surface area (Å²) in [6.07, 6.45) is 0. The zero-order valence-electron chi connectivity index (χ0n) is 9.28. The lowest BCUT2D eigenvalue weighted by Crippen LogP contribution is -2.21. The summed E-state index contributed by atoms with van der Waals surface area (Å²) in [5, 5.41) is 11.3. The Kier molecular flexibility index (Phi) is 3.73. The number of nitrogens with two attached hydrogens (primary N) is 1. The Bertz CT molecular complexity index is 557. The zero-order valence-corrected chi connectivity index (χ0v) is 10.0. The molecule has 0 fully saturated rings. The molecule has 0 radical (unpaired) electrons. The average molecular weight is 268 g/mol. The molecule has 1 heterocycles. The van der Waals surface area contributed by atoms with Gasteiger partial charge < -0.3 is 10.5 Å². The first-order valence-corrected chi connectivity index (χ1v) is 5.45. The quantitative estimate of drug-likeness (QED) is 0.845. The first-order valence-electron chi connectivity index (χ1n) is 5.07. The lowest BCUT2D eigenvalue weighted by Gasteiger charge is -2.07.